The van der Waals surface area contributed by atoms with Gasteiger partial charge in [0.1, 0.15) is 0 Å². The molecule has 0 N–H and O–H groups in total. The Morgan fingerprint density at radius 2 is 1.79 bits per heavy atom. The summed E-state index contributed by atoms with van der Waals surface area (Å²) in [5.41, 5.74) is 0. The van der Waals surface area contributed by atoms with Gasteiger partial charge in [0.25, 0.3) is 0 Å². The molecule has 2 aliphatic heterocycles. The van der Waals surface area contributed by atoms with Gasteiger partial charge in [0.05, 0.1) is 13.5 Å². The molecule has 0 bridgehead atoms. The molecular weight excluding hydrogens is 244 g/mol. The maximum Gasteiger partial charge on any atom is 0.306 e. The molecule has 0 aromatic rings. The predicted octanol–water partition coefficient (Wildman–Crippen LogP) is 0.594. The highest BCUT2D eigenvalue weighted by Crippen LogP contribution is 2.17. The van der Waals surface area contributed by atoms with Gasteiger partial charge in [0.2, 0.25) is 0 Å². The fourth-order valence-electron chi connectivity index (χ4n) is 2.84. The van der Waals surface area contributed by atoms with Crippen LogP contribution in [-0.4, -0.2) is 75.4 Å². The Morgan fingerprint density at radius 1 is 1.16 bits per heavy atom. The Bertz CT molecular complexity index is 272. The molecule has 0 atom stereocenters. The van der Waals surface area contributed by atoms with Crippen molar-refractivity contribution < 1.29 is 14.3 Å². The Labute approximate surface area is 115 Å². The van der Waals surface area contributed by atoms with Crippen molar-refractivity contribution in [1.29, 1.82) is 0 Å². The molecule has 0 unspecified atom stereocenters. The maximum atomic E-state index is 11.1. The molecule has 2 saturated heterocycles. The van der Waals surface area contributed by atoms with E-state index >= 15 is 0 Å². The van der Waals surface area contributed by atoms with Gasteiger partial charge in [-0.05, 0) is 18.8 Å². The van der Waals surface area contributed by atoms with Crippen LogP contribution in [0, 0.1) is 5.92 Å². The van der Waals surface area contributed by atoms with E-state index in [-0.39, 0.29) is 5.97 Å². The second-order valence-corrected chi connectivity index (χ2v) is 5.52. The van der Waals surface area contributed by atoms with Crippen LogP contribution in [0.2, 0.25) is 0 Å². The minimum absolute atomic E-state index is 0.107. The van der Waals surface area contributed by atoms with Gasteiger partial charge in [0, 0.05) is 52.5 Å². The van der Waals surface area contributed by atoms with E-state index in [2.05, 4.69) is 14.5 Å². The smallest absolute Gasteiger partial charge is 0.306 e. The van der Waals surface area contributed by atoms with Crippen LogP contribution >= 0.6 is 0 Å². The van der Waals surface area contributed by atoms with Crippen molar-refractivity contribution in [2.75, 3.05) is 59.6 Å². The molecule has 5 heteroatoms. The highest BCUT2D eigenvalue weighted by molar-refractivity contribution is 5.69. The number of piperazine rings is 1. The van der Waals surface area contributed by atoms with E-state index < -0.39 is 0 Å². The molecule has 2 aliphatic rings. The monoisotopic (exact) mass is 270 g/mol. The molecule has 0 spiro atoms. The SMILES string of the molecule is COC(=O)CCN1CCN(CC2CCOCC2)CC1. The van der Waals surface area contributed by atoms with E-state index in [1.165, 1.54) is 26.5 Å². The lowest BCUT2D eigenvalue weighted by Crippen LogP contribution is -2.48. The van der Waals surface area contributed by atoms with Crippen LogP contribution in [0.1, 0.15) is 19.3 Å². The topological polar surface area (TPSA) is 42.0 Å². The summed E-state index contributed by atoms with van der Waals surface area (Å²) in [6, 6.07) is 0. The third kappa shape index (κ3) is 5.09. The largest absolute Gasteiger partial charge is 0.469 e. The molecule has 110 valence electrons. The molecule has 5 nitrogen and oxygen atoms in total. The van der Waals surface area contributed by atoms with Crippen molar-refractivity contribution in [1.82, 2.24) is 9.80 Å². The highest BCUT2D eigenvalue weighted by atomic mass is 16.5. The quantitative estimate of drug-likeness (QED) is 0.684. The zero-order chi connectivity index (χ0) is 13.5. The zero-order valence-electron chi connectivity index (χ0n) is 12.0. The van der Waals surface area contributed by atoms with E-state index in [1.807, 2.05) is 0 Å². The second kappa shape index (κ2) is 7.82. The second-order valence-electron chi connectivity index (χ2n) is 5.52. The molecule has 0 aromatic carbocycles. The van der Waals surface area contributed by atoms with E-state index in [4.69, 9.17) is 4.74 Å². The van der Waals surface area contributed by atoms with Crippen molar-refractivity contribution in [3.8, 4) is 0 Å². The molecule has 0 amide bonds. The van der Waals surface area contributed by atoms with Gasteiger partial charge < -0.3 is 19.3 Å². The molecule has 0 saturated carbocycles. The summed E-state index contributed by atoms with van der Waals surface area (Å²) in [6.07, 6.45) is 2.93. The molecule has 2 heterocycles. The van der Waals surface area contributed by atoms with Gasteiger partial charge in [0.15, 0.2) is 0 Å². The number of nitrogens with zero attached hydrogens (tertiary/aromatic N) is 2. The number of hydrogen-bond donors (Lipinski definition) is 0. The predicted molar refractivity (Wildman–Crippen MR) is 73.1 cm³/mol. The Balaban J connectivity index is 1.60. The molecule has 2 rings (SSSR count). The number of rotatable bonds is 5. The number of methoxy groups -OCH3 is 1. The van der Waals surface area contributed by atoms with Crippen LogP contribution in [0.3, 0.4) is 0 Å². The average Bonchev–Trinajstić information content (AvgIpc) is 2.47. The lowest BCUT2D eigenvalue weighted by atomic mass is 9.99. The van der Waals surface area contributed by atoms with Gasteiger partial charge in [-0.15, -0.1) is 0 Å². The first kappa shape index (κ1) is 14.8. The minimum Gasteiger partial charge on any atom is -0.469 e. The fourth-order valence-corrected chi connectivity index (χ4v) is 2.84. The van der Waals surface area contributed by atoms with Crippen molar-refractivity contribution >= 4 is 5.97 Å². The lowest BCUT2D eigenvalue weighted by Gasteiger charge is -2.37. The summed E-state index contributed by atoms with van der Waals surface area (Å²) in [6.45, 7) is 8.30. The Morgan fingerprint density at radius 3 is 2.42 bits per heavy atom. The van der Waals surface area contributed by atoms with Crippen LogP contribution in [-0.2, 0) is 14.3 Å². The summed E-state index contributed by atoms with van der Waals surface area (Å²) in [5, 5.41) is 0. The van der Waals surface area contributed by atoms with Crippen LogP contribution in [0.5, 0.6) is 0 Å². The van der Waals surface area contributed by atoms with E-state index in [1.54, 1.807) is 0 Å². The number of hydrogen-bond acceptors (Lipinski definition) is 5. The van der Waals surface area contributed by atoms with Crippen LogP contribution in [0.15, 0.2) is 0 Å². The first-order valence-corrected chi connectivity index (χ1v) is 7.37. The number of carbonyl (C=O) groups excluding carboxylic acids is 1. The maximum absolute atomic E-state index is 11.1. The molecule has 19 heavy (non-hydrogen) atoms. The fraction of sp³-hybridized carbons (Fsp3) is 0.929. The molecule has 0 aromatic heterocycles. The molecular formula is C14H26N2O3. The van der Waals surface area contributed by atoms with Crippen molar-refractivity contribution in [2.24, 2.45) is 5.92 Å². The molecule has 2 fully saturated rings. The van der Waals surface area contributed by atoms with Gasteiger partial charge in [-0.2, -0.15) is 0 Å². The lowest BCUT2D eigenvalue weighted by molar-refractivity contribution is -0.141. The summed E-state index contributed by atoms with van der Waals surface area (Å²) >= 11 is 0. The Hall–Kier alpha value is -0.650. The zero-order valence-corrected chi connectivity index (χ0v) is 12.0. The summed E-state index contributed by atoms with van der Waals surface area (Å²) in [7, 11) is 1.45. The van der Waals surface area contributed by atoms with Crippen LogP contribution in [0.4, 0.5) is 0 Å². The van der Waals surface area contributed by atoms with Gasteiger partial charge >= 0.3 is 5.97 Å². The van der Waals surface area contributed by atoms with Crippen molar-refractivity contribution in [3.63, 3.8) is 0 Å². The van der Waals surface area contributed by atoms with Crippen LogP contribution < -0.4 is 0 Å². The van der Waals surface area contributed by atoms with E-state index in [9.17, 15) is 4.79 Å². The highest BCUT2D eigenvalue weighted by Gasteiger charge is 2.21. The van der Waals surface area contributed by atoms with Crippen LogP contribution in [0.25, 0.3) is 0 Å². The summed E-state index contributed by atoms with van der Waals surface area (Å²) in [4.78, 5) is 16.0. The third-order valence-corrected chi connectivity index (χ3v) is 4.18. The minimum atomic E-state index is -0.107. The molecule has 0 radical (unpaired) electrons. The van der Waals surface area contributed by atoms with Gasteiger partial charge in [-0.3, -0.25) is 4.79 Å². The number of ether oxygens (including phenoxy) is 2. The Kier molecular flexibility index (Phi) is 6.07. The normalized spacial score (nSPS) is 23.4. The third-order valence-electron chi connectivity index (χ3n) is 4.18. The van der Waals surface area contributed by atoms with E-state index in [0.717, 1.165) is 51.9 Å². The van der Waals surface area contributed by atoms with E-state index in [0.29, 0.717) is 6.42 Å². The van der Waals surface area contributed by atoms with Crippen molar-refractivity contribution in [2.45, 2.75) is 19.3 Å². The summed E-state index contributed by atoms with van der Waals surface area (Å²) < 4.78 is 10.1. The number of esters is 1. The summed E-state index contributed by atoms with van der Waals surface area (Å²) in [5.74, 6) is 0.708. The first-order chi connectivity index (χ1) is 9.28. The first-order valence-electron chi connectivity index (χ1n) is 7.37. The van der Waals surface area contributed by atoms with Crippen molar-refractivity contribution in [3.05, 3.63) is 0 Å². The standard InChI is InChI=1S/C14H26N2O3/c1-18-14(17)2-5-15-6-8-16(9-7-15)12-13-3-10-19-11-4-13/h13H,2-12H2,1H3. The molecule has 0 aliphatic carbocycles. The van der Waals surface area contributed by atoms with Gasteiger partial charge in [-0.25, -0.2) is 0 Å². The van der Waals surface area contributed by atoms with Gasteiger partial charge in [-0.1, -0.05) is 0 Å². The average molecular weight is 270 g/mol. The number of carbonyl (C=O) groups is 1.